The smallest absolute Gasteiger partial charge is 0.125 e. The van der Waals surface area contributed by atoms with Crippen LogP contribution in [0.4, 0.5) is 0 Å². The summed E-state index contributed by atoms with van der Waals surface area (Å²) in [5.74, 6) is 1.50. The van der Waals surface area contributed by atoms with Crippen molar-refractivity contribution >= 4 is 0 Å². The van der Waals surface area contributed by atoms with E-state index in [9.17, 15) is 15.3 Å². The van der Waals surface area contributed by atoms with Crippen molar-refractivity contribution in [1.82, 2.24) is 0 Å². The van der Waals surface area contributed by atoms with Crippen LogP contribution in [0.1, 0.15) is 66.8 Å². The molecule has 4 aromatic carbocycles. The average Bonchev–Trinajstić information content (AvgIpc) is 2.82. The van der Waals surface area contributed by atoms with Gasteiger partial charge in [-0.3, -0.25) is 0 Å². The van der Waals surface area contributed by atoms with Crippen molar-refractivity contribution in [2.75, 3.05) is 7.11 Å². The van der Waals surface area contributed by atoms with Gasteiger partial charge in [0.25, 0.3) is 0 Å². The predicted molar refractivity (Wildman–Crippen MR) is 147 cm³/mol. The van der Waals surface area contributed by atoms with Crippen LogP contribution in [0.2, 0.25) is 0 Å². The van der Waals surface area contributed by atoms with Crippen LogP contribution in [-0.2, 0) is 25.7 Å². The molecule has 3 N–H and O–H groups in total. The van der Waals surface area contributed by atoms with Gasteiger partial charge in [-0.2, -0.15) is 0 Å². The SMILES string of the molecule is COc1c2cc(C)cc1Cc1cc(C)cc(c1O)Cc1cc(C)cc(c1O)Cc1cc(C)cc(c1O)C2. The van der Waals surface area contributed by atoms with Gasteiger partial charge in [-0.25, -0.2) is 0 Å². The van der Waals surface area contributed by atoms with Crippen molar-refractivity contribution in [2.24, 2.45) is 0 Å². The van der Waals surface area contributed by atoms with E-state index in [4.69, 9.17) is 4.74 Å². The second kappa shape index (κ2) is 9.51. The number of hydrogen-bond donors (Lipinski definition) is 3. The summed E-state index contributed by atoms with van der Waals surface area (Å²) in [5, 5.41) is 34.0. The molecule has 0 unspecified atom stereocenters. The second-order valence-corrected chi connectivity index (χ2v) is 10.6. The molecule has 0 saturated heterocycles. The molecule has 4 aromatic rings. The van der Waals surface area contributed by atoms with Crippen molar-refractivity contribution in [3.8, 4) is 23.0 Å². The molecule has 8 bridgehead atoms. The summed E-state index contributed by atoms with van der Waals surface area (Å²) >= 11 is 0. The van der Waals surface area contributed by atoms with Crippen molar-refractivity contribution in [1.29, 1.82) is 0 Å². The van der Waals surface area contributed by atoms with Crippen molar-refractivity contribution in [2.45, 2.75) is 53.4 Å². The summed E-state index contributed by atoms with van der Waals surface area (Å²) in [6.07, 6.45) is 1.83. The molecule has 1 aliphatic carbocycles. The zero-order valence-electron chi connectivity index (χ0n) is 22.2. The Morgan fingerprint density at radius 1 is 0.432 bits per heavy atom. The molecule has 0 fully saturated rings. The van der Waals surface area contributed by atoms with Crippen molar-refractivity contribution in [3.63, 3.8) is 0 Å². The van der Waals surface area contributed by atoms with Crippen LogP contribution < -0.4 is 4.74 Å². The molecule has 4 heteroatoms. The summed E-state index contributed by atoms with van der Waals surface area (Å²) in [6.45, 7) is 8.13. The van der Waals surface area contributed by atoms with E-state index < -0.39 is 0 Å². The Morgan fingerprint density at radius 2 is 0.649 bits per heavy atom. The normalized spacial score (nSPS) is 12.9. The number of phenols is 3. The molecular weight excluding hydrogens is 460 g/mol. The minimum absolute atomic E-state index is 0.213. The Kier molecular flexibility index (Phi) is 6.36. The highest BCUT2D eigenvalue weighted by molar-refractivity contribution is 5.57. The van der Waals surface area contributed by atoms with Crippen molar-refractivity contribution < 1.29 is 20.1 Å². The topological polar surface area (TPSA) is 69.9 Å². The minimum atomic E-state index is 0.213. The number of fused-ring (bicyclic) bond motifs is 8. The van der Waals surface area contributed by atoms with E-state index >= 15 is 0 Å². The highest BCUT2D eigenvalue weighted by Crippen LogP contribution is 2.39. The van der Waals surface area contributed by atoms with Crippen LogP contribution in [-0.4, -0.2) is 22.4 Å². The van der Waals surface area contributed by atoms with Crippen LogP contribution in [0, 0.1) is 27.7 Å². The highest BCUT2D eigenvalue weighted by Gasteiger charge is 2.20. The zero-order chi connectivity index (χ0) is 26.4. The van der Waals surface area contributed by atoms with Crippen LogP contribution in [0.3, 0.4) is 0 Å². The molecule has 0 amide bonds. The van der Waals surface area contributed by atoms with Gasteiger partial charge in [0.2, 0.25) is 0 Å². The fourth-order valence-corrected chi connectivity index (χ4v) is 5.89. The summed E-state index contributed by atoms with van der Waals surface area (Å²) in [5.41, 5.74) is 10.9. The Labute approximate surface area is 218 Å². The zero-order valence-corrected chi connectivity index (χ0v) is 22.2. The summed E-state index contributed by atoms with van der Waals surface area (Å²) < 4.78 is 5.93. The third-order valence-corrected chi connectivity index (χ3v) is 7.35. The first kappa shape index (κ1) is 24.8. The van der Waals surface area contributed by atoms with Crippen molar-refractivity contribution in [3.05, 3.63) is 115 Å². The van der Waals surface area contributed by atoms with E-state index in [-0.39, 0.29) is 17.2 Å². The molecular formula is C33H34O4. The maximum atomic E-state index is 11.4. The first-order chi connectivity index (χ1) is 17.6. The summed E-state index contributed by atoms with van der Waals surface area (Å²) in [4.78, 5) is 0. The molecule has 0 aromatic heterocycles. The maximum absolute atomic E-state index is 11.4. The molecule has 0 saturated carbocycles. The lowest BCUT2D eigenvalue weighted by Crippen LogP contribution is -2.04. The van der Waals surface area contributed by atoms with E-state index in [1.54, 1.807) is 7.11 Å². The lowest BCUT2D eigenvalue weighted by atomic mass is 9.89. The van der Waals surface area contributed by atoms with Gasteiger partial charge in [0.15, 0.2) is 0 Å². The Morgan fingerprint density at radius 3 is 0.892 bits per heavy atom. The number of methoxy groups -OCH3 is 1. The van der Waals surface area contributed by atoms with Crippen LogP contribution in [0.15, 0.2) is 48.5 Å². The van der Waals surface area contributed by atoms with Gasteiger partial charge in [-0.05, 0) is 72.2 Å². The quantitative estimate of drug-likeness (QED) is 0.242. The van der Waals surface area contributed by atoms with Gasteiger partial charge in [-0.1, -0.05) is 70.8 Å². The summed E-state index contributed by atoms with van der Waals surface area (Å²) in [6, 6.07) is 16.2. The molecule has 5 rings (SSSR count). The summed E-state index contributed by atoms with van der Waals surface area (Å²) in [7, 11) is 1.68. The van der Waals surface area contributed by atoms with Gasteiger partial charge >= 0.3 is 0 Å². The lowest BCUT2D eigenvalue weighted by molar-refractivity contribution is 0.405. The van der Waals surface area contributed by atoms with E-state index in [1.807, 2.05) is 57.2 Å². The number of hydrogen-bond acceptors (Lipinski definition) is 4. The monoisotopic (exact) mass is 494 g/mol. The number of aryl methyl sites for hydroxylation is 4. The molecule has 0 spiro atoms. The third-order valence-electron chi connectivity index (χ3n) is 7.35. The molecule has 0 atom stereocenters. The van der Waals surface area contributed by atoms with Gasteiger partial charge < -0.3 is 20.1 Å². The Hall–Kier alpha value is -3.92. The molecule has 190 valence electrons. The number of benzene rings is 4. The van der Waals surface area contributed by atoms with Gasteiger partial charge in [0, 0.05) is 25.7 Å². The molecule has 0 radical (unpaired) electrons. The number of phenolic OH excluding ortho intramolecular Hbond substituents is 3. The Balaban J connectivity index is 1.80. The standard InChI is InChI=1S/C33H34O4/c1-18-6-22-14-24-8-19(2)10-26(31(24)35)16-28-12-21(4)13-29(33(28)37-5)17-27-11-20(3)9-25(32(27)36)15-23(7-18)30(22)34/h6-13,34-36H,14-17H2,1-5H3. The van der Waals surface area contributed by atoms with Gasteiger partial charge in [-0.15, -0.1) is 0 Å². The first-order valence-electron chi connectivity index (χ1n) is 12.7. The molecule has 0 heterocycles. The minimum Gasteiger partial charge on any atom is -0.507 e. The van der Waals surface area contributed by atoms with Crippen LogP contribution in [0.5, 0.6) is 23.0 Å². The number of ether oxygens (including phenoxy) is 1. The maximum Gasteiger partial charge on any atom is 0.125 e. The van der Waals surface area contributed by atoms with E-state index in [0.717, 1.165) is 72.5 Å². The van der Waals surface area contributed by atoms with Gasteiger partial charge in [0.05, 0.1) is 7.11 Å². The van der Waals surface area contributed by atoms with E-state index in [2.05, 4.69) is 19.1 Å². The lowest BCUT2D eigenvalue weighted by Gasteiger charge is -2.20. The largest absolute Gasteiger partial charge is 0.507 e. The Bertz CT molecular complexity index is 1420. The first-order valence-corrected chi connectivity index (χ1v) is 12.7. The molecule has 37 heavy (non-hydrogen) atoms. The van der Waals surface area contributed by atoms with Crippen LogP contribution >= 0.6 is 0 Å². The molecule has 1 aliphatic rings. The second-order valence-electron chi connectivity index (χ2n) is 10.6. The highest BCUT2D eigenvalue weighted by atomic mass is 16.5. The van der Waals surface area contributed by atoms with Gasteiger partial charge in [0.1, 0.15) is 23.0 Å². The fraction of sp³-hybridized carbons (Fsp3) is 0.273. The van der Waals surface area contributed by atoms with E-state index in [1.165, 1.54) is 0 Å². The van der Waals surface area contributed by atoms with Crippen LogP contribution in [0.25, 0.3) is 0 Å². The number of aromatic hydroxyl groups is 3. The number of rotatable bonds is 1. The van der Waals surface area contributed by atoms with E-state index in [0.29, 0.717) is 25.7 Å². The predicted octanol–water partition coefficient (Wildman–Crippen LogP) is 6.72. The third kappa shape index (κ3) is 4.76. The fourth-order valence-electron chi connectivity index (χ4n) is 5.89. The average molecular weight is 495 g/mol. The molecule has 4 nitrogen and oxygen atoms in total. The molecule has 0 aliphatic heterocycles.